The summed E-state index contributed by atoms with van der Waals surface area (Å²) in [6, 6.07) is 0. The van der Waals surface area contributed by atoms with E-state index in [1.54, 1.807) is 0 Å². The van der Waals surface area contributed by atoms with Crippen molar-refractivity contribution in [3.63, 3.8) is 0 Å². The summed E-state index contributed by atoms with van der Waals surface area (Å²) in [4.78, 5) is 13.2. The fourth-order valence-electron chi connectivity index (χ4n) is 1.63. The Bertz CT molecular complexity index is 200. The summed E-state index contributed by atoms with van der Waals surface area (Å²) in [5.74, 6) is -0.163. The summed E-state index contributed by atoms with van der Waals surface area (Å²) in [5, 5.41) is 18.5. The van der Waals surface area contributed by atoms with Crippen molar-refractivity contribution in [2.45, 2.75) is 25.6 Å². The predicted octanol–water partition coefficient (Wildman–Crippen LogP) is -1.46. The van der Waals surface area contributed by atoms with E-state index in [-0.39, 0.29) is 24.9 Å². The molecule has 1 rings (SSSR count). The lowest BCUT2D eigenvalue weighted by atomic mass is 10.1. The van der Waals surface area contributed by atoms with Gasteiger partial charge >= 0.3 is 0 Å². The molecule has 0 saturated carbocycles. The predicted molar refractivity (Wildman–Crippen MR) is 51.4 cm³/mol. The fourth-order valence-corrected chi connectivity index (χ4v) is 1.63. The van der Waals surface area contributed by atoms with Crippen molar-refractivity contribution in [2.24, 2.45) is 11.7 Å². The third-order valence-electron chi connectivity index (χ3n) is 2.59. The maximum atomic E-state index is 11.7. The van der Waals surface area contributed by atoms with Crippen LogP contribution in [0.5, 0.6) is 0 Å². The molecule has 0 aromatic carbocycles. The maximum absolute atomic E-state index is 11.7. The zero-order chi connectivity index (χ0) is 10.7. The van der Waals surface area contributed by atoms with Crippen molar-refractivity contribution in [3.8, 4) is 0 Å². The van der Waals surface area contributed by atoms with E-state index in [4.69, 9.17) is 5.73 Å². The van der Waals surface area contributed by atoms with Crippen LogP contribution in [-0.4, -0.2) is 52.9 Å². The molecule has 1 saturated heterocycles. The molecule has 0 aromatic rings. The number of aliphatic hydroxyl groups is 2. The van der Waals surface area contributed by atoms with Crippen molar-refractivity contribution in [1.29, 1.82) is 0 Å². The molecule has 3 unspecified atom stereocenters. The van der Waals surface area contributed by atoms with Gasteiger partial charge in [0.05, 0.1) is 12.2 Å². The van der Waals surface area contributed by atoms with E-state index in [2.05, 4.69) is 0 Å². The van der Waals surface area contributed by atoms with Crippen LogP contribution in [0.15, 0.2) is 0 Å². The lowest BCUT2D eigenvalue weighted by molar-refractivity contribution is -0.134. The molecule has 4 N–H and O–H groups in total. The van der Waals surface area contributed by atoms with Crippen molar-refractivity contribution in [2.75, 3.05) is 19.6 Å². The third-order valence-corrected chi connectivity index (χ3v) is 2.59. The number of β-amino-alcohol motifs (C(OH)–C–C–N with tert-alkyl or cyclic N) is 2. The maximum Gasteiger partial charge on any atom is 0.225 e. The van der Waals surface area contributed by atoms with Gasteiger partial charge in [-0.15, -0.1) is 0 Å². The van der Waals surface area contributed by atoms with Crippen molar-refractivity contribution in [3.05, 3.63) is 0 Å². The molecule has 1 fully saturated rings. The van der Waals surface area contributed by atoms with Crippen LogP contribution < -0.4 is 5.73 Å². The van der Waals surface area contributed by atoms with Gasteiger partial charge in [-0.25, -0.2) is 0 Å². The van der Waals surface area contributed by atoms with E-state index in [0.29, 0.717) is 13.0 Å². The van der Waals surface area contributed by atoms with E-state index >= 15 is 0 Å². The zero-order valence-corrected chi connectivity index (χ0v) is 8.39. The SMILES string of the molecule is CC(CCN)C(=O)N1CC(O)C(O)C1. The van der Waals surface area contributed by atoms with Crippen LogP contribution in [0.4, 0.5) is 0 Å². The molecule has 5 heteroatoms. The molecule has 1 amide bonds. The van der Waals surface area contributed by atoms with E-state index in [1.165, 1.54) is 4.90 Å². The highest BCUT2D eigenvalue weighted by molar-refractivity contribution is 5.78. The summed E-state index contributed by atoms with van der Waals surface area (Å²) in [6.45, 7) is 2.75. The van der Waals surface area contributed by atoms with Crippen LogP contribution in [0.3, 0.4) is 0 Å². The minimum Gasteiger partial charge on any atom is -0.388 e. The standard InChI is InChI=1S/C9H18N2O3/c1-6(2-3-10)9(14)11-4-7(12)8(13)5-11/h6-8,12-13H,2-5,10H2,1H3. The molecule has 0 radical (unpaired) electrons. The number of aliphatic hydroxyl groups excluding tert-OH is 2. The molecule has 1 aliphatic heterocycles. The average molecular weight is 202 g/mol. The van der Waals surface area contributed by atoms with Gasteiger partial charge in [-0.05, 0) is 13.0 Å². The summed E-state index contributed by atoms with van der Waals surface area (Å²) in [6.07, 6.45) is -0.963. The molecule has 3 atom stereocenters. The number of nitrogens with two attached hydrogens (primary N) is 1. The van der Waals surface area contributed by atoms with Crippen LogP contribution in [0.2, 0.25) is 0 Å². The van der Waals surface area contributed by atoms with Gasteiger partial charge in [0.15, 0.2) is 0 Å². The van der Waals surface area contributed by atoms with E-state index < -0.39 is 12.2 Å². The van der Waals surface area contributed by atoms with Gasteiger partial charge in [-0.3, -0.25) is 4.79 Å². The molecular weight excluding hydrogens is 184 g/mol. The van der Waals surface area contributed by atoms with Crippen molar-refractivity contribution < 1.29 is 15.0 Å². The molecule has 0 aromatic heterocycles. The van der Waals surface area contributed by atoms with Gasteiger partial charge < -0.3 is 20.8 Å². The number of carbonyl (C=O) groups excluding carboxylic acids is 1. The van der Waals surface area contributed by atoms with Gasteiger partial charge in [0, 0.05) is 19.0 Å². The van der Waals surface area contributed by atoms with E-state index in [9.17, 15) is 15.0 Å². The van der Waals surface area contributed by atoms with E-state index in [0.717, 1.165) is 0 Å². The van der Waals surface area contributed by atoms with Gasteiger partial charge in [0.2, 0.25) is 5.91 Å². The molecule has 82 valence electrons. The topological polar surface area (TPSA) is 86.8 Å². The van der Waals surface area contributed by atoms with Gasteiger partial charge in [0.1, 0.15) is 0 Å². The van der Waals surface area contributed by atoms with Gasteiger partial charge in [-0.2, -0.15) is 0 Å². The highest BCUT2D eigenvalue weighted by atomic mass is 16.3. The van der Waals surface area contributed by atoms with Gasteiger partial charge in [-0.1, -0.05) is 6.92 Å². The van der Waals surface area contributed by atoms with Crippen LogP contribution in [-0.2, 0) is 4.79 Å². The number of rotatable bonds is 3. The van der Waals surface area contributed by atoms with Crippen molar-refractivity contribution >= 4 is 5.91 Å². The summed E-state index contributed by atoms with van der Waals surface area (Å²) in [5.41, 5.74) is 5.35. The number of nitrogens with zero attached hydrogens (tertiary/aromatic N) is 1. The largest absolute Gasteiger partial charge is 0.388 e. The Morgan fingerprint density at radius 2 is 2.00 bits per heavy atom. The Kier molecular flexibility index (Phi) is 3.86. The first kappa shape index (κ1) is 11.4. The number of carbonyl (C=O) groups is 1. The zero-order valence-electron chi connectivity index (χ0n) is 8.39. The van der Waals surface area contributed by atoms with Crippen LogP contribution in [0, 0.1) is 5.92 Å². The van der Waals surface area contributed by atoms with Gasteiger partial charge in [0.25, 0.3) is 0 Å². The van der Waals surface area contributed by atoms with E-state index in [1.807, 2.05) is 6.92 Å². The second kappa shape index (κ2) is 4.72. The molecule has 1 aliphatic rings. The van der Waals surface area contributed by atoms with Crippen LogP contribution in [0.1, 0.15) is 13.3 Å². The molecule has 0 aliphatic carbocycles. The summed E-state index contributed by atoms with van der Waals surface area (Å²) >= 11 is 0. The lowest BCUT2D eigenvalue weighted by Gasteiger charge is -2.19. The van der Waals surface area contributed by atoms with Crippen LogP contribution >= 0.6 is 0 Å². The van der Waals surface area contributed by atoms with Crippen LogP contribution in [0.25, 0.3) is 0 Å². The molecule has 14 heavy (non-hydrogen) atoms. The molecule has 5 nitrogen and oxygen atoms in total. The fraction of sp³-hybridized carbons (Fsp3) is 0.889. The Morgan fingerprint density at radius 1 is 1.50 bits per heavy atom. The average Bonchev–Trinajstić information content (AvgIpc) is 2.46. The third kappa shape index (κ3) is 2.43. The Hall–Kier alpha value is -0.650. The number of amides is 1. The first-order valence-electron chi connectivity index (χ1n) is 4.91. The second-order valence-electron chi connectivity index (χ2n) is 3.86. The smallest absolute Gasteiger partial charge is 0.225 e. The minimum atomic E-state index is -0.802. The quantitative estimate of drug-likeness (QED) is 0.522. The number of hydrogen-bond acceptors (Lipinski definition) is 4. The molecule has 1 heterocycles. The second-order valence-corrected chi connectivity index (χ2v) is 3.86. The monoisotopic (exact) mass is 202 g/mol. The highest BCUT2D eigenvalue weighted by Crippen LogP contribution is 2.14. The highest BCUT2D eigenvalue weighted by Gasteiger charge is 2.33. The number of hydrogen-bond donors (Lipinski definition) is 3. The minimum absolute atomic E-state index is 0.0361. The normalized spacial score (nSPS) is 29.3. The summed E-state index contributed by atoms with van der Waals surface area (Å²) in [7, 11) is 0. The first-order chi connectivity index (χ1) is 6.56. The number of likely N-dealkylation sites (tertiary alicyclic amines) is 1. The van der Waals surface area contributed by atoms with Crippen molar-refractivity contribution in [1.82, 2.24) is 4.90 Å². The Balaban J connectivity index is 2.46. The molecular formula is C9H18N2O3. The Labute approximate surface area is 83.5 Å². The molecule has 0 spiro atoms. The Morgan fingerprint density at radius 3 is 2.43 bits per heavy atom. The molecule has 0 bridgehead atoms. The first-order valence-corrected chi connectivity index (χ1v) is 4.91. The summed E-state index contributed by atoms with van der Waals surface area (Å²) < 4.78 is 0. The lowest BCUT2D eigenvalue weighted by Crippen LogP contribution is -2.35.